The van der Waals surface area contributed by atoms with Crippen LogP contribution in [0.4, 0.5) is 4.39 Å². The van der Waals surface area contributed by atoms with Crippen LogP contribution in [0.15, 0.2) is 23.1 Å². The number of rotatable bonds is 4. The largest absolute Gasteiger partial charge is 0.494 e. The SMILES string of the molecule is COc1cc(S(=O)(=O)N2CCC(C(C)N)CC2)ccc1F. The maximum absolute atomic E-state index is 13.4. The number of piperidine rings is 1. The molecule has 1 aliphatic heterocycles. The van der Waals surface area contributed by atoms with E-state index in [4.69, 9.17) is 10.5 Å². The van der Waals surface area contributed by atoms with Gasteiger partial charge >= 0.3 is 0 Å². The predicted molar refractivity (Wildman–Crippen MR) is 78.1 cm³/mol. The zero-order valence-electron chi connectivity index (χ0n) is 12.3. The Morgan fingerprint density at radius 3 is 2.52 bits per heavy atom. The second-order valence-electron chi connectivity index (χ2n) is 5.40. The molecule has 0 saturated carbocycles. The summed E-state index contributed by atoms with van der Waals surface area (Å²) in [5.41, 5.74) is 5.86. The topological polar surface area (TPSA) is 72.6 Å². The fourth-order valence-electron chi connectivity index (χ4n) is 2.59. The zero-order chi connectivity index (χ0) is 15.6. The van der Waals surface area contributed by atoms with E-state index in [1.54, 1.807) is 0 Å². The van der Waals surface area contributed by atoms with Crippen LogP contribution in [0.2, 0.25) is 0 Å². The normalized spacial score (nSPS) is 19.4. The third kappa shape index (κ3) is 3.36. The lowest BCUT2D eigenvalue weighted by Gasteiger charge is -2.32. The molecule has 21 heavy (non-hydrogen) atoms. The molecule has 1 aromatic carbocycles. The van der Waals surface area contributed by atoms with E-state index in [1.165, 1.54) is 23.5 Å². The Morgan fingerprint density at radius 2 is 2.00 bits per heavy atom. The third-order valence-electron chi connectivity index (χ3n) is 4.00. The molecule has 1 heterocycles. The van der Waals surface area contributed by atoms with Crippen LogP contribution in [0, 0.1) is 11.7 Å². The van der Waals surface area contributed by atoms with Crippen molar-refractivity contribution >= 4 is 10.0 Å². The van der Waals surface area contributed by atoms with E-state index in [0.29, 0.717) is 19.0 Å². The van der Waals surface area contributed by atoms with Gasteiger partial charge in [0.2, 0.25) is 10.0 Å². The second kappa shape index (κ2) is 6.29. The Labute approximate surface area is 124 Å². The molecular weight excluding hydrogens is 295 g/mol. The maximum atomic E-state index is 13.4. The number of ether oxygens (including phenoxy) is 1. The lowest BCUT2D eigenvalue weighted by atomic mass is 9.92. The summed E-state index contributed by atoms with van der Waals surface area (Å²) in [4.78, 5) is 0.0556. The van der Waals surface area contributed by atoms with Gasteiger partial charge in [0.25, 0.3) is 0 Å². The molecule has 1 aliphatic rings. The summed E-state index contributed by atoms with van der Waals surface area (Å²) in [6, 6.07) is 3.67. The van der Waals surface area contributed by atoms with E-state index in [2.05, 4.69) is 0 Å². The molecular formula is C14H21FN2O3S. The van der Waals surface area contributed by atoms with Gasteiger partial charge in [-0.25, -0.2) is 12.8 Å². The number of nitrogens with zero attached hydrogens (tertiary/aromatic N) is 1. The molecule has 2 rings (SSSR count). The molecule has 0 spiro atoms. The van der Waals surface area contributed by atoms with Crippen molar-refractivity contribution in [1.29, 1.82) is 0 Å². The number of nitrogens with two attached hydrogens (primary N) is 1. The fraction of sp³-hybridized carbons (Fsp3) is 0.571. The van der Waals surface area contributed by atoms with Crippen LogP contribution in [0.25, 0.3) is 0 Å². The molecule has 1 saturated heterocycles. The molecule has 2 N–H and O–H groups in total. The highest BCUT2D eigenvalue weighted by atomic mass is 32.2. The average Bonchev–Trinajstić information content (AvgIpc) is 2.47. The summed E-state index contributed by atoms with van der Waals surface area (Å²) in [5.74, 6) is -0.298. The van der Waals surface area contributed by atoms with Gasteiger partial charge < -0.3 is 10.5 Å². The Kier molecular flexibility index (Phi) is 4.85. The first-order valence-electron chi connectivity index (χ1n) is 6.95. The van der Waals surface area contributed by atoms with E-state index >= 15 is 0 Å². The van der Waals surface area contributed by atoms with Crippen LogP contribution in [0.3, 0.4) is 0 Å². The van der Waals surface area contributed by atoms with Crippen molar-refractivity contribution in [3.8, 4) is 5.75 Å². The number of benzene rings is 1. The molecule has 0 radical (unpaired) electrons. The predicted octanol–water partition coefficient (Wildman–Crippen LogP) is 1.58. The van der Waals surface area contributed by atoms with Crippen molar-refractivity contribution in [2.45, 2.75) is 30.7 Å². The number of halogens is 1. The van der Waals surface area contributed by atoms with Crippen LogP contribution in [-0.4, -0.2) is 39.0 Å². The molecule has 1 fully saturated rings. The molecule has 0 amide bonds. The van der Waals surface area contributed by atoms with Gasteiger partial charge in [0.05, 0.1) is 12.0 Å². The molecule has 1 atom stereocenters. The van der Waals surface area contributed by atoms with E-state index in [0.717, 1.165) is 18.9 Å². The summed E-state index contributed by atoms with van der Waals surface area (Å²) in [6.07, 6.45) is 1.49. The smallest absolute Gasteiger partial charge is 0.243 e. The Balaban J connectivity index is 2.19. The number of hydrogen-bond acceptors (Lipinski definition) is 4. The highest BCUT2D eigenvalue weighted by molar-refractivity contribution is 7.89. The fourth-order valence-corrected chi connectivity index (χ4v) is 4.08. The molecule has 5 nitrogen and oxygen atoms in total. The first kappa shape index (κ1) is 16.2. The standard InChI is InChI=1S/C14H21FN2O3S/c1-10(16)11-5-7-17(8-6-11)21(18,19)12-3-4-13(15)14(9-12)20-2/h3-4,9-11H,5-8,16H2,1-2H3. The lowest BCUT2D eigenvalue weighted by molar-refractivity contribution is 0.250. The minimum absolute atomic E-state index is 0.0556. The number of methoxy groups -OCH3 is 1. The monoisotopic (exact) mass is 316 g/mol. The molecule has 0 aromatic heterocycles. The molecule has 0 bridgehead atoms. The summed E-state index contributed by atoms with van der Waals surface area (Å²) >= 11 is 0. The minimum atomic E-state index is -3.61. The van der Waals surface area contributed by atoms with Gasteiger partial charge in [-0.2, -0.15) is 4.31 Å². The van der Waals surface area contributed by atoms with Gasteiger partial charge in [0, 0.05) is 25.2 Å². The van der Waals surface area contributed by atoms with Gasteiger partial charge in [-0.15, -0.1) is 0 Å². The quantitative estimate of drug-likeness (QED) is 0.915. The maximum Gasteiger partial charge on any atom is 0.243 e. The van der Waals surface area contributed by atoms with Crippen LogP contribution in [0.1, 0.15) is 19.8 Å². The molecule has 0 aliphatic carbocycles. The molecule has 1 unspecified atom stereocenters. The van der Waals surface area contributed by atoms with Crippen LogP contribution in [0.5, 0.6) is 5.75 Å². The summed E-state index contributed by atoms with van der Waals surface area (Å²) in [7, 11) is -2.31. The molecule has 118 valence electrons. The average molecular weight is 316 g/mol. The van der Waals surface area contributed by atoms with Gasteiger partial charge in [-0.1, -0.05) is 0 Å². The van der Waals surface area contributed by atoms with Gasteiger partial charge in [-0.3, -0.25) is 0 Å². The van der Waals surface area contributed by atoms with E-state index in [-0.39, 0.29) is 16.7 Å². The van der Waals surface area contributed by atoms with Crippen molar-refractivity contribution in [1.82, 2.24) is 4.31 Å². The highest BCUT2D eigenvalue weighted by Crippen LogP contribution is 2.27. The van der Waals surface area contributed by atoms with Gasteiger partial charge in [0.1, 0.15) is 0 Å². The Morgan fingerprint density at radius 1 is 1.38 bits per heavy atom. The number of sulfonamides is 1. The zero-order valence-corrected chi connectivity index (χ0v) is 13.1. The third-order valence-corrected chi connectivity index (χ3v) is 5.90. The van der Waals surface area contributed by atoms with E-state index < -0.39 is 15.8 Å². The molecule has 7 heteroatoms. The lowest BCUT2D eigenvalue weighted by Crippen LogP contribution is -2.42. The van der Waals surface area contributed by atoms with E-state index in [9.17, 15) is 12.8 Å². The van der Waals surface area contributed by atoms with Crippen molar-refractivity contribution < 1.29 is 17.5 Å². The number of hydrogen-bond donors (Lipinski definition) is 1. The second-order valence-corrected chi connectivity index (χ2v) is 7.33. The summed E-state index contributed by atoms with van der Waals surface area (Å²) in [6.45, 7) is 2.82. The van der Waals surface area contributed by atoms with Crippen molar-refractivity contribution in [3.63, 3.8) is 0 Å². The van der Waals surface area contributed by atoms with Gasteiger partial charge in [0.15, 0.2) is 11.6 Å². The summed E-state index contributed by atoms with van der Waals surface area (Å²) in [5, 5.41) is 0. The first-order chi connectivity index (χ1) is 9.86. The van der Waals surface area contributed by atoms with Crippen molar-refractivity contribution in [2.24, 2.45) is 11.7 Å². The van der Waals surface area contributed by atoms with Crippen molar-refractivity contribution in [3.05, 3.63) is 24.0 Å². The Bertz CT molecular complexity index is 596. The van der Waals surface area contributed by atoms with Crippen molar-refractivity contribution in [2.75, 3.05) is 20.2 Å². The Hall–Kier alpha value is -1.18. The van der Waals surface area contributed by atoms with Crippen LogP contribution < -0.4 is 10.5 Å². The summed E-state index contributed by atoms with van der Waals surface area (Å²) < 4.78 is 44.8. The minimum Gasteiger partial charge on any atom is -0.494 e. The van der Waals surface area contributed by atoms with Crippen LogP contribution >= 0.6 is 0 Å². The highest BCUT2D eigenvalue weighted by Gasteiger charge is 2.31. The molecule has 1 aromatic rings. The van der Waals surface area contributed by atoms with Gasteiger partial charge in [-0.05, 0) is 37.8 Å². The van der Waals surface area contributed by atoms with E-state index in [1.807, 2.05) is 6.92 Å². The first-order valence-corrected chi connectivity index (χ1v) is 8.39. The van der Waals surface area contributed by atoms with Crippen LogP contribution in [-0.2, 0) is 10.0 Å².